The van der Waals surface area contributed by atoms with E-state index in [9.17, 15) is 9.90 Å². The van der Waals surface area contributed by atoms with Gasteiger partial charge in [-0.2, -0.15) is 0 Å². The fourth-order valence-electron chi connectivity index (χ4n) is 1.66. The van der Waals surface area contributed by atoms with Crippen molar-refractivity contribution in [2.45, 2.75) is 16.2 Å². The Labute approximate surface area is 111 Å². The van der Waals surface area contributed by atoms with Crippen molar-refractivity contribution in [1.82, 2.24) is 0 Å². The number of hydrogen-bond donors (Lipinski definition) is 1. The molecule has 0 aliphatic rings. The van der Waals surface area contributed by atoms with Crippen LogP contribution < -0.4 is 0 Å². The summed E-state index contributed by atoms with van der Waals surface area (Å²) in [7, 11) is 0. The molecule has 0 saturated carbocycles. The molecule has 2 rings (SSSR count). The first-order valence-corrected chi connectivity index (χ1v) is 6.59. The molecule has 92 valence electrons. The van der Waals surface area contributed by atoms with Crippen molar-refractivity contribution in [3.05, 3.63) is 66.2 Å². The second-order valence-electron chi connectivity index (χ2n) is 3.89. The van der Waals surface area contributed by atoms with Gasteiger partial charge in [-0.1, -0.05) is 48.5 Å². The molecule has 0 radical (unpaired) electrons. The summed E-state index contributed by atoms with van der Waals surface area (Å²) in [6.07, 6.45) is 0.0175. The average molecular weight is 258 g/mol. The van der Waals surface area contributed by atoms with Crippen molar-refractivity contribution in [2.24, 2.45) is 0 Å². The van der Waals surface area contributed by atoms with Crippen LogP contribution in [0.4, 0.5) is 0 Å². The van der Waals surface area contributed by atoms with E-state index in [0.717, 1.165) is 16.7 Å². The monoisotopic (exact) mass is 258 g/mol. The van der Waals surface area contributed by atoms with Gasteiger partial charge in [0.2, 0.25) is 0 Å². The maximum atomic E-state index is 11.1. The van der Waals surface area contributed by atoms with E-state index >= 15 is 0 Å². The fourth-order valence-corrected chi connectivity index (χ4v) is 2.63. The molecule has 1 N–H and O–H groups in total. The van der Waals surface area contributed by atoms with Gasteiger partial charge < -0.3 is 9.90 Å². The van der Waals surface area contributed by atoms with Crippen molar-refractivity contribution in [1.29, 1.82) is 0 Å². The molecule has 3 heteroatoms. The Kier molecular flexibility index (Phi) is 4.56. The Bertz CT molecular complexity index is 484. The summed E-state index contributed by atoms with van der Waals surface area (Å²) >= 11 is 1.37. The highest BCUT2D eigenvalue weighted by Crippen LogP contribution is 2.30. The van der Waals surface area contributed by atoms with Gasteiger partial charge in [-0.25, -0.2) is 0 Å². The first kappa shape index (κ1) is 12.9. The molecule has 0 amide bonds. The molecule has 0 aliphatic carbocycles. The lowest BCUT2D eigenvalue weighted by Gasteiger charge is -2.17. The van der Waals surface area contributed by atoms with E-state index in [4.69, 9.17) is 0 Å². The Morgan fingerprint density at radius 2 is 1.50 bits per heavy atom. The van der Waals surface area contributed by atoms with Crippen LogP contribution in [-0.4, -0.2) is 16.6 Å². The van der Waals surface area contributed by atoms with Crippen LogP contribution >= 0.6 is 11.8 Å². The molecule has 2 atom stereocenters. The minimum atomic E-state index is -0.783. The number of aliphatic hydroxyl groups is 1. The van der Waals surface area contributed by atoms with Gasteiger partial charge in [0.1, 0.15) is 6.29 Å². The van der Waals surface area contributed by atoms with Crippen molar-refractivity contribution < 1.29 is 9.90 Å². The number of rotatable bonds is 5. The number of thioether (sulfide) groups is 1. The molecule has 2 aromatic carbocycles. The Balaban J connectivity index is 2.12. The molecule has 0 saturated heterocycles. The second-order valence-corrected chi connectivity index (χ2v) is 5.14. The lowest BCUT2D eigenvalue weighted by molar-refractivity contribution is -0.109. The van der Waals surface area contributed by atoms with Gasteiger partial charge in [0.05, 0.1) is 11.4 Å². The van der Waals surface area contributed by atoms with E-state index in [-0.39, 0.29) is 0 Å². The summed E-state index contributed by atoms with van der Waals surface area (Å²) in [5.74, 6) is 0. The number of carbonyl (C=O) groups excluding carboxylic acids is 1. The van der Waals surface area contributed by atoms with Crippen LogP contribution in [0.1, 0.15) is 11.7 Å². The van der Waals surface area contributed by atoms with Crippen LogP contribution in [0.3, 0.4) is 0 Å². The maximum Gasteiger partial charge on any atom is 0.136 e. The molecular weight excluding hydrogens is 244 g/mol. The SMILES string of the molecule is O=C[C@H](Sc1ccccc1)[C@@H](O)c1ccccc1. The summed E-state index contributed by atoms with van der Waals surface area (Å²) in [6, 6.07) is 18.9. The molecule has 0 bridgehead atoms. The molecule has 2 nitrogen and oxygen atoms in total. The molecule has 0 aromatic heterocycles. The fraction of sp³-hybridized carbons (Fsp3) is 0.133. The van der Waals surface area contributed by atoms with Gasteiger partial charge in [-0.3, -0.25) is 0 Å². The molecule has 0 fully saturated rings. The minimum Gasteiger partial charge on any atom is -0.387 e. The summed E-state index contributed by atoms with van der Waals surface area (Å²) in [4.78, 5) is 12.1. The van der Waals surface area contributed by atoms with E-state index in [2.05, 4.69) is 0 Å². The lowest BCUT2D eigenvalue weighted by Crippen LogP contribution is -2.16. The summed E-state index contributed by atoms with van der Waals surface area (Å²) in [5.41, 5.74) is 0.762. The number of carbonyl (C=O) groups is 1. The zero-order valence-electron chi connectivity index (χ0n) is 9.77. The van der Waals surface area contributed by atoms with Crippen LogP contribution in [-0.2, 0) is 4.79 Å². The lowest BCUT2D eigenvalue weighted by atomic mass is 10.1. The van der Waals surface area contributed by atoms with Crippen molar-refractivity contribution in [2.75, 3.05) is 0 Å². The van der Waals surface area contributed by atoms with Crippen LogP contribution in [0.15, 0.2) is 65.6 Å². The molecule has 2 aromatic rings. The van der Waals surface area contributed by atoms with E-state index in [1.807, 2.05) is 60.7 Å². The third-order valence-corrected chi connectivity index (χ3v) is 3.79. The van der Waals surface area contributed by atoms with Crippen molar-refractivity contribution in [3.63, 3.8) is 0 Å². The summed E-state index contributed by atoms with van der Waals surface area (Å²) < 4.78 is 0. The second kappa shape index (κ2) is 6.38. The van der Waals surface area contributed by atoms with Crippen LogP contribution in [0, 0.1) is 0 Å². The molecule has 0 aliphatic heterocycles. The highest BCUT2D eigenvalue weighted by Gasteiger charge is 2.21. The Hall–Kier alpha value is -1.58. The smallest absolute Gasteiger partial charge is 0.136 e. The zero-order valence-corrected chi connectivity index (χ0v) is 10.6. The summed E-state index contributed by atoms with van der Waals surface area (Å²) in [6.45, 7) is 0. The number of aldehydes is 1. The Morgan fingerprint density at radius 3 is 2.06 bits per heavy atom. The number of benzene rings is 2. The molecular formula is C15H14O2S. The van der Waals surface area contributed by atoms with Gasteiger partial charge in [-0.05, 0) is 17.7 Å². The van der Waals surface area contributed by atoms with Crippen LogP contribution in [0.25, 0.3) is 0 Å². The highest BCUT2D eigenvalue weighted by atomic mass is 32.2. The predicted molar refractivity (Wildman–Crippen MR) is 73.6 cm³/mol. The van der Waals surface area contributed by atoms with E-state index in [1.54, 1.807) is 0 Å². The third kappa shape index (κ3) is 3.22. The van der Waals surface area contributed by atoms with E-state index in [1.165, 1.54) is 11.8 Å². The van der Waals surface area contributed by atoms with E-state index < -0.39 is 11.4 Å². The molecule has 18 heavy (non-hydrogen) atoms. The van der Waals surface area contributed by atoms with E-state index in [0.29, 0.717) is 0 Å². The first-order chi connectivity index (χ1) is 8.81. The van der Waals surface area contributed by atoms with Gasteiger partial charge in [0, 0.05) is 4.90 Å². The molecule has 0 heterocycles. The van der Waals surface area contributed by atoms with Gasteiger partial charge >= 0.3 is 0 Å². The zero-order chi connectivity index (χ0) is 12.8. The molecule has 0 unspecified atom stereocenters. The van der Waals surface area contributed by atoms with Gasteiger partial charge in [-0.15, -0.1) is 11.8 Å². The van der Waals surface area contributed by atoms with Crippen LogP contribution in [0.2, 0.25) is 0 Å². The highest BCUT2D eigenvalue weighted by molar-refractivity contribution is 8.00. The first-order valence-electron chi connectivity index (χ1n) is 5.71. The predicted octanol–water partition coefficient (Wildman–Crippen LogP) is 3.08. The van der Waals surface area contributed by atoms with Gasteiger partial charge in [0.25, 0.3) is 0 Å². The third-order valence-electron chi connectivity index (χ3n) is 2.60. The maximum absolute atomic E-state index is 11.1. The van der Waals surface area contributed by atoms with Crippen molar-refractivity contribution in [3.8, 4) is 0 Å². The summed E-state index contributed by atoms with van der Waals surface area (Å²) in [5, 5.41) is 9.70. The number of aliphatic hydroxyl groups excluding tert-OH is 1. The van der Waals surface area contributed by atoms with Gasteiger partial charge in [0.15, 0.2) is 0 Å². The molecule has 0 spiro atoms. The minimum absolute atomic E-state index is 0.491. The largest absolute Gasteiger partial charge is 0.387 e. The normalized spacial score (nSPS) is 13.8. The number of hydrogen-bond acceptors (Lipinski definition) is 3. The van der Waals surface area contributed by atoms with Crippen molar-refractivity contribution >= 4 is 18.0 Å². The average Bonchev–Trinajstić information content (AvgIpc) is 2.46. The quantitative estimate of drug-likeness (QED) is 0.661. The Morgan fingerprint density at radius 1 is 0.944 bits per heavy atom. The van der Waals surface area contributed by atoms with Crippen LogP contribution in [0.5, 0.6) is 0 Å². The topological polar surface area (TPSA) is 37.3 Å². The standard InChI is InChI=1S/C15H14O2S/c16-11-14(18-13-9-5-2-6-10-13)15(17)12-7-3-1-4-8-12/h1-11,14-15,17H/t14-,15-/m0/s1.